The number of carboxylic acids is 1. The lowest BCUT2D eigenvalue weighted by Gasteiger charge is -2.22. The molecule has 0 aromatic carbocycles. The minimum absolute atomic E-state index is 0.124. The summed E-state index contributed by atoms with van der Waals surface area (Å²) in [4.78, 5) is 23.4. The van der Waals surface area contributed by atoms with Gasteiger partial charge >= 0.3 is 5.97 Å². The highest BCUT2D eigenvalue weighted by atomic mass is 16.4. The van der Waals surface area contributed by atoms with Gasteiger partial charge in [0, 0.05) is 12.0 Å². The zero-order chi connectivity index (χ0) is 14.1. The van der Waals surface area contributed by atoms with Gasteiger partial charge in [0.1, 0.15) is 0 Å². The molecule has 2 N–H and O–H groups in total. The molecule has 0 heterocycles. The molecule has 0 aliphatic heterocycles. The molecule has 4 heteroatoms. The minimum Gasteiger partial charge on any atom is -0.481 e. The Morgan fingerprint density at radius 2 is 1.65 bits per heavy atom. The molecule has 3 rings (SSSR count). The quantitative estimate of drug-likeness (QED) is 0.831. The lowest BCUT2D eigenvalue weighted by atomic mass is 9.85. The Bertz CT molecular complexity index is 389. The fraction of sp³-hybridized carbons (Fsp3) is 0.875. The summed E-state index contributed by atoms with van der Waals surface area (Å²) < 4.78 is 0. The number of rotatable bonds is 4. The molecule has 0 saturated heterocycles. The molecule has 0 aromatic rings. The van der Waals surface area contributed by atoms with Gasteiger partial charge in [-0.3, -0.25) is 9.59 Å². The van der Waals surface area contributed by atoms with E-state index in [0.717, 1.165) is 25.2 Å². The number of nitrogens with one attached hydrogen (secondary N) is 1. The molecule has 2 unspecified atom stereocenters. The van der Waals surface area contributed by atoms with E-state index in [4.69, 9.17) is 5.11 Å². The van der Waals surface area contributed by atoms with Crippen molar-refractivity contribution in [3.05, 3.63) is 0 Å². The van der Waals surface area contributed by atoms with Gasteiger partial charge in [0.2, 0.25) is 5.91 Å². The first-order valence-corrected chi connectivity index (χ1v) is 8.20. The standard InChI is InChI=1S/C16H25NO3/c18-15(17-14-8-4-7-11(14)16(19)20)13-9-12(13)10-5-2-1-3-6-10/h10-14H,1-9H2,(H,17,18)(H,19,20)/t11-,12?,13?,14+/m1/s1. The number of hydrogen-bond acceptors (Lipinski definition) is 2. The van der Waals surface area contributed by atoms with Crippen LogP contribution in [0.4, 0.5) is 0 Å². The first kappa shape index (κ1) is 13.9. The summed E-state index contributed by atoms with van der Waals surface area (Å²) in [6.45, 7) is 0. The molecule has 0 bridgehead atoms. The third-order valence-corrected chi connectivity index (χ3v) is 5.59. The van der Waals surface area contributed by atoms with E-state index in [1.807, 2.05) is 0 Å². The van der Waals surface area contributed by atoms with Crippen molar-refractivity contribution >= 4 is 11.9 Å². The van der Waals surface area contributed by atoms with Crippen LogP contribution in [0.25, 0.3) is 0 Å². The van der Waals surface area contributed by atoms with Crippen molar-refractivity contribution in [2.45, 2.75) is 63.8 Å². The summed E-state index contributed by atoms with van der Waals surface area (Å²) in [6.07, 6.45) is 10.0. The molecule has 20 heavy (non-hydrogen) atoms. The molecule has 0 spiro atoms. The molecule has 112 valence electrons. The van der Waals surface area contributed by atoms with Gasteiger partial charge in [0.25, 0.3) is 0 Å². The molecule has 3 fully saturated rings. The maximum absolute atomic E-state index is 12.3. The fourth-order valence-corrected chi connectivity index (χ4v) is 4.32. The van der Waals surface area contributed by atoms with Gasteiger partial charge in [-0.25, -0.2) is 0 Å². The van der Waals surface area contributed by atoms with Crippen LogP contribution in [0.15, 0.2) is 0 Å². The van der Waals surface area contributed by atoms with Gasteiger partial charge in [-0.1, -0.05) is 38.5 Å². The molecule has 3 saturated carbocycles. The van der Waals surface area contributed by atoms with E-state index in [1.54, 1.807) is 0 Å². The van der Waals surface area contributed by atoms with E-state index in [0.29, 0.717) is 12.3 Å². The molecule has 0 aromatic heterocycles. The second kappa shape index (κ2) is 5.74. The zero-order valence-corrected chi connectivity index (χ0v) is 12.0. The van der Waals surface area contributed by atoms with Crippen molar-refractivity contribution < 1.29 is 14.7 Å². The molecular weight excluding hydrogens is 254 g/mol. The normalized spacial score (nSPS) is 37.6. The van der Waals surface area contributed by atoms with Crippen LogP contribution in [0.1, 0.15) is 57.8 Å². The topological polar surface area (TPSA) is 66.4 Å². The van der Waals surface area contributed by atoms with Crippen LogP contribution in [0.3, 0.4) is 0 Å². The Morgan fingerprint density at radius 3 is 2.35 bits per heavy atom. The highest BCUT2D eigenvalue weighted by Crippen LogP contribution is 2.49. The number of amides is 1. The number of carbonyl (C=O) groups excluding carboxylic acids is 1. The van der Waals surface area contributed by atoms with Crippen LogP contribution in [-0.2, 0) is 9.59 Å². The Balaban J connectivity index is 1.49. The second-order valence-corrected chi connectivity index (χ2v) is 6.89. The number of hydrogen-bond donors (Lipinski definition) is 2. The van der Waals surface area contributed by atoms with E-state index < -0.39 is 5.97 Å². The van der Waals surface area contributed by atoms with Gasteiger partial charge < -0.3 is 10.4 Å². The number of carbonyl (C=O) groups is 2. The van der Waals surface area contributed by atoms with Crippen LogP contribution in [0.5, 0.6) is 0 Å². The third kappa shape index (κ3) is 2.84. The predicted molar refractivity (Wildman–Crippen MR) is 75.1 cm³/mol. The first-order chi connectivity index (χ1) is 9.66. The summed E-state index contributed by atoms with van der Waals surface area (Å²) in [6, 6.07) is -0.132. The largest absolute Gasteiger partial charge is 0.481 e. The van der Waals surface area contributed by atoms with E-state index in [2.05, 4.69) is 5.32 Å². The maximum Gasteiger partial charge on any atom is 0.308 e. The molecule has 4 atom stereocenters. The van der Waals surface area contributed by atoms with E-state index in [9.17, 15) is 9.59 Å². The molecule has 1 amide bonds. The van der Waals surface area contributed by atoms with Crippen molar-refractivity contribution in [3.8, 4) is 0 Å². The lowest BCUT2D eigenvalue weighted by molar-refractivity contribution is -0.142. The molecular formula is C16H25NO3. The van der Waals surface area contributed by atoms with Crippen LogP contribution in [0.2, 0.25) is 0 Å². The predicted octanol–water partition coefficient (Wildman–Crippen LogP) is 2.57. The minimum atomic E-state index is -0.757. The van der Waals surface area contributed by atoms with E-state index >= 15 is 0 Å². The van der Waals surface area contributed by atoms with Crippen molar-refractivity contribution in [1.82, 2.24) is 5.32 Å². The van der Waals surface area contributed by atoms with Crippen LogP contribution >= 0.6 is 0 Å². The van der Waals surface area contributed by atoms with Gasteiger partial charge in [-0.2, -0.15) is 0 Å². The Kier molecular flexibility index (Phi) is 3.99. The molecule has 0 radical (unpaired) electrons. The summed E-state index contributed by atoms with van der Waals surface area (Å²) in [5.74, 6) is 0.503. The SMILES string of the molecule is O=C(N[C@H]1CCC[C@H]1C(=O)O)C1CC1C1CCCCC1. The van der Waals surface area contributed by atoms with Crippen molar-refractivity contribution in [2.75, 3.05) is 0 Å². The summed E-state index contributed by atoms with van der Waals surface area (Å²) in [5, 5.41) is 12.2. The monoisotopic (exact) mass is 279 g/mol. The zero-order valence-electron chi connectivity index (χ0n) is 12.0. The summed E-state index contributed by atoms with van der Waals surface area (Å²) in [7, 11) is 0. The average molecular weight is 279 g/mol. The first-order valence-electron chi connectivity index (χ1n) is 8.20. The Hall–Kier alpha value is -1.06. The van der Waals surface area contributed by atoms with E-state index in [1.165, 1.54) is 32.1 Å². The van der Waals surface area contributed by atoms with Crippen LogP contribution < -0.4 is 5.32 Å². The summed E-state index contributed by atoms with van der Waals surface area (Å²) in [5.41, 5.74) is 0. The highest BCUT2D eigenvalue weighted by molar-refractivity contribution is 5.83. The second-order valence-electron chi connectivity index (χ2n) is 6.89. The number of aliphatic carboxylic acids is 1. The van der Waals surface area contributed by atoms with Gasteiger partial charge in [-0.05, 0) is 31.1 Å². The highest BCUT2D eigenvalue weighted by Gasteiger charge is 2.48. The molecule has 3 aliphatic rings. The number of carboxylic acid groups (broad SMARTS) is 1. The molecule has 4 nitrogen and oxygen atoms in total. The average Bonchev–Trinajstić information content (AvgIpc) is 3.12. The third-order valence-electron chi connectivity index (χ3n) is 5.59. The fourth-order valence-electron chi connectivity index (χ4n) is 4.32. The van der Waals surface area contributed by atoms with Crippen LogP contribution in [0, 0.1) is 23.7 Å². The van der Waals surface area contributed by atoms with E-state index in [-0.39, 0.29) is 23.8 Å². The Labute approximate surface area is 120 Å². The maximum atomic E-state index is 12.3. The summed E-state index contributed by atoms with van der Waals surface area (Å²) >= 11 is 0. The van der Waals surface area contributed by atoms with Crippen molar-refractivity contribution in [1.29, 1.82) is 0 Å². The van der Waals surface area contributed by atoms with Gasteiger partial charge in [0.05, 0.1) is 5.92 Å². The lowest BCUT2D eigenvalue weighted by Crippen LogP contribution is -2.41. The van der Waals surface area contributed by atoms with Crippen LogP contribution in [-0.4, -0.2) is 23.0 Å². The van der Waals surface area contributed by atoms with Gasteiger partial charge in [0.15, 0.2) is 0 Å². The van der Waals surface area contributed by atoms with Crippen molar-refractivity contribution in [2.24, 2.45) is 23.7 Å². The molecule has 3 aliphatic carbocycles. The smallest absolute Gasteiger partial charge is 0.308 e. The Morgan fingerprint density at radius 1 is 0.900 bits per heavy atom. The van der Waals surface area contributed by atoms with Gasteiger partial charge in [-0.15, -0.1) is 0 Å². The van der Waals surface area contributed by atoms with Crippen molar-refractivity contribution in [3.63, 3.8) is 0 Å².